The normalized spacial score (nSPS) is 12.7. The Hall–Kier alpha value is -0.640. The van der Waals surface area contributed by atoms with Crippen LogP contribution in [0.1, 0.15) is 24.0 Å². The van der Waals surface area contributed by atoms with Crippen LogP contribution in [0.15, 0.2) is 21.5 Å². The van der Waals surface area contributed by atoms with Crippen molar-refractivity contribution in [2.75, 3.05) is 6.54 Å². The van der Waals surface area contributed by atoms with Gasteiger partial charge in [-0.1, -0.05) is 15.9 Å². The van der Waals surface area contributed by atoms with E-state index < -0.39 is 22.6 Å². The number of benzene rings is 1. The molecule has 0 aliphatic carbocycles. The largest absolute Gasteiger partial charge is 0.392 e. The third-order valence-corrected chi connectivity index (χ3v) is 5.17. The van der Waals surface area contributed by atoms with Gasteiger partial charge in [0.05, 0.1) is 11.5 Å². The molecule has 0 bridgehead atoms. The van der Waals surface area contributed by atoms with Gasteiger partial charge < -0.3 is 5.11 Å². The zero-order valence-corrected chi connectivity index (χ0v) is 13.6. The van der Waals surface area contributed by atoms with Crippen molar-refractivity contribution in [3.63, 3.8) is 0 Å². The van der Waals surface area contributed by atoms with E-state index in [-0.39, 0.29) is 24.5 Å². The van der Waals surface area contributed by atoms with Crippen molar-refractivity contribution in [1.82, 2.24) is 4.72 Å². The molecule has 1 rings (SSSR count). The van der Waals surface area contributed by atoms with Gasteiger partial charge >= 0.3 is 6.18 Å². The molecule has 1 aromatic rings. The average Bonchev–Trinajstić information content (AvgIpc) is 2.36. The maximum atomic E-state index is 12.1. The second-order valence-electron chi connectivity index (χ2n) is 4.48. The highest BCUT2D eigenvalue weighted by molar-refractivity contribution is 9.10. The van der Waals surface area contributed by atoms with E-state index in [2.05, 4.69) is 20.7 Å². The van der Waals surface area contributed by atoms with Gasteiger partial charge in [-0.25, -0.2) is 13.1 Å². The van der Waals surface area contributed by atoms with Crippen molar-refractivity contribution >= 4 is 26.0 Å². The Balaban J connectivity index is 2.86. The smallest absolute Gasteiger partial charge is 0.389 e. The van der Waals surface area contributed by atoms with Crippen LogP contribution in [0, 0.1) is 6.92 Å². The van der Waals surface area contributed by atoms with Gasteiger partial charge in [0.25, 0.3) is 0 Å². The molecular formula is C12H15BrF3NO3S. The first-order valence-corrected chi connectivity index (χ1v) is 8.31. The monoisotopic (exact) mass is 389 g/mol. The number of alkyl halides is 3. The minimum Gasteiger partial charge on any atom is -0.392 e. The molecule has 4 nitrogen and oxygen atoms in total. The Morgan fingerprint density at radius 3 is 2.48 bits per heavy atom. The average molecular weight is 390 g/mol. The summed E-state index contributed by atoms with van der Waals surface area (Å²) in [4.78, 5) is -0.0621. The van der Waals surface area contributed by atoms with Crippen LogP contribution in [-0.4, -0.2) is 26.2 Å². The predicted molar refractivity (Wildman–Crippen MR) is 75.3 cm³/mol. The van der Waals surface area contributed by atoms with Crippen LogP contribution in [0.4, 0.5) is 13.2 Å². The van der Waals surface area contributed by atoms with Crippen LogP contribution in [-0.2, 0) is 16.6 Å². The molecule has 21 heavy (non-hydrogen) atoms. The van der Waals surface area contributed by atoms with E-state index in [0.717, 1.165) is 0 Å². The van der Waals surface area contributed by atoms with E-state index in [1.54, 1.807) is 13.0 Å². The number of aliphatic hydroxyl groups is 1. The number of aliphatic hydroxyl groups excluding tert-OH is 1. The van der Waals surface area contributed by atoms with Gasteiger partial charge in [0, 0.05) is 17.4 Å². The molecule has 0 atom stereocenters. The van der Waals surface area contributed by atoms with Crippen LogP contribution in [0.5, 0.6) is 0 Å². The topological polar surface area (TPSA) is 66.4 Å². The fraction of sp³-hybridized carbons (Fsp3) is 0.500. The fourth-order valence-corrected chi connectivity index (χ4v) is 3.68. The Morgan fingerprint density at radius 1 is 1.33 bits per heavy atom. The highest BCUT2D eigenvalue weighted by atomic mass is 79.9. The summed E-state index contributed by atoms with van der Waals surface area (Å²) >= 11 is 3.19. The molecule has 9 heteroatoms. The van der Waals surface area contributed by atoms with E-state index in [9.17, 15) is 21.6 Å². The van der Waals surface area contributed by atoms with Crippen molar-refractivity contribution in [2.24, 2.45) is 0 Å². The molecule has 0 spiro atoms. The third-order valence-electron chi connectivity index (χ3n) is 2.76. The van der Waals surface area contributed by atoms with Crippen molar-refractivity contribution in [2.45, 2.75) is 37.4 Å². The molecular weight excluding hydrogens is 375 g/mol. The molecule has 0 saturated carbocycles. The van der Waals surface area contributed by atoms with Gasteiger partial charge in [-0.15, -0.1) is 0 Å². The minimum atomic E-state index is -4.30. The zero-order valence-electron chi connectivity index (χ0n) is 11.2. The molecule has 0 aliphatic rings. The Bertz CT molecular complexity index is 603. The van der Waals surface area contributed by atoms with E-state index in [4.69, 9.17) is 5.11 Å². The lowest BCUT2D eigenvalue weighted by Crippen LogP contribution is -2.26. The lowest BCUT2D eigenvalue weighted by Gasteiger charge is -2.12. The van der Waals surface area contributed by atoms with Crippen molar-refractivity contribution in [3.8, 4) is 0 Å². The lowest BCUT2D eigenvalue weighted by atomic mass is 10.2. The zero-order chi connectivity index (χ0) is 16.3. The molecule has 0 heterocycles. The number of hydrogen-bond donors (Lipinski definition) is 2. The van der Waals surface area contributed by atoms with Crippen molar-refractivity contribution in [1.29, 1.82) is 0 Å². The second-order valence-corrected chi connectivity index (χ2v) is 7.07. The molecule has 2 N–H and O–H groups in total. The van der Waals surface area contributed by atoms with Crippen LogP contribution >= 0.6 is 15.9 Å². The molecule has 0 amide bonds. The standard InChI is InChI=1S/C12H15BrF3NO3S/c1-8-10(13)5-9(7-18)6-11(8)21(19,20)17-4-2-3-12(14,15)16/h5-6,17-18H,2-4,7H2,1H3. The van der Waals surface area contributed by atoms with Crippen LogP contribution in [0.25, 0.3) is 0 Å². The summed E-state index contributed by atoms with van der Waals surface area (Å²) in [5.74, 6) is 0. The first-order chi connectivity index (χ1) is 9.57. The first kappa shape index (κ1) is 18.4. The maximum Gasteiger partial charge on any atom is 0.389 e. The molecule has 0 radical (unpaired) electrons. The summed E-state index contributed by atoms with van der Waals surface area (Å²) in [5.41, 5.74) is 0.818. The van der Waals surface area contributed by atoms with Crippen molar-refractivity contribution in [3.05, 3.63) is 27.7 Å². The predicted octanol–water partition coefficient (Wildman–Crippen LogP) is 2.87. The van der Waals surface area contributed by atoms with Gasteiger partial charge in [0.1, 0.15) is 0 Å². The Kier molecular flexibility index (Phi) is 6.21. The SMILES string of the molecule is Cc1c(Br)cc(CO)cc1S(=O)(=O)NCCCC(F)(F)F. The fourth-order valence-electron chi connectivity index (χ4n) is 1.65. The highest BCUT2D eigenvalue weighted by Gasteiger charge is 2.26. The number of halogens is 4. The summed E-state index contributed by atoms with van der Waals surface area (Å²) in [6, 6.07) is 2.88. The summed E-state index contributed by atoms with van der Waals surface area (Å²) in [5, 5.41) is 9.09. The number of rotatable bonds is 6. The van der Waals surface area contributed by atoms with E-state index >= 15 is 0 Å². The first-order valence-electron chi connectivity index (χ1n) is 6.03. The number of sulfonamides is 1. The third kappa shape index (κ3) is 5.57. The maximum absolute atomic E-state index is 12.1. The van der Waals surface area contributed by atoms with Crippen LogP contribution < -0.4 is 4.72 Å². The van der Waals surface area contributed by atoms with Crippen LogP contribution in [0.3, 0.4) is 0 Å². The molecule has 1 aromatic carbocycles. The van der Waals surface area contributed by atoms with Crippen molar-refractivity contribution < 1.29 is 26.7 Å². The number of nitrogens with one attached hydrogen (secondary N) is 1. The Labute approximate surface area is 129 Å². The van der Waals surface area contributed by atoms with E-state index in [1.807, 2.05) is 0 Å². The summed E-state index contributed by atoms with van der Waals surface area (Å²) in [6.45, 7) is 0.924. The minimum absolute atomic E-state index is 0.0621. The molecule has 120 valence electrons. The molecule has 0 saturated heterocycles. The van der Waals surface area contributed by atoms with Gasteiger partial charge in [0.2, 0.25) is 10.0 Å². The quantitative estimate of drug-likeness (QED) is 0.735. The molecule has 0 unspecified atom stereocenters. The molecule has 0 fully saturated rings. The summed E-state index contributed by atoms with van der Waals surface area (Å²) in [6.07, 6.45) is -5.68. The van der Waals surface area contributed by atoms with Gasteiger partial charge in [-0.3, -0.25) is 0 Å². The van der Waals surface area contributed by atoms with Crippen LogP contribution in [0.2, 0.25) is 0 Å². The van der Waals surface area contributed by atoms with E-state index in [0.29, 0.717) is 15.6 Å². The Morgan fingerprint density at radius 2 is 1.95 bits per heavy atom. The van der Waals surface area contributed by atoms with Gasteiger partial charge in [-0.05, 0) is 36.6 Å². The molecule has 0 aliphatic heterocycles. The summed E-state index contributed by atoms with van der Waals surface area (Å²) in [7, 11) is -3.92. The van der Waals surface area contributed by atoms with Gasteiger partial charge in [-0.2, -0.15) is 13.2 Å². The van der Waals surface area contributed by atoms with Gasteiger partial charge in [0.15, 0.2) is 0 Å². The second kappa shape index (κ2) is 7.08. The van der Waals surface area contributed by atoms with E-state index in [1.165, 1.54) is 6.07 Å². The molecule has 0 aromatic heterocycles. The highest BCUT2D eigenvalue weighted by Crippen LogP contribution is 2.26. The number of hydrogen-bond acceptors (Lipinski definition) is 3. The summed E-state index contributed by atoms with van der Waals surface area (Å²) < 4.78 is 62.9. The lowest BCUT2D eigenvalue weighted by molar-refractivity contribution is -0.135.